The number of rotatable bonds is 6. The molecule has 1 aromatic carbocycles. The summed E-state index contributed by atoms with van der Waals surface area (Å²) in [5.41, 5.74) is -4.17. The number of nitrogens with one attached hydrogen (secondary N) is 2. The Morgan fingerprint density at radius 1 is 1.25 bits per heavy atom. The van der Waals surface area contributed by atoms with Crippen molar-refractivity contribution in [1.29, 1.82) is 0 Å². The molecule has 2 rings (SSSR count). The van der Waals surface area contributed by atoms with Crippen molar-refractivity contribution in [2.75, 3.05) is 26.2 Å². The summed E-state index contributed by atoms with van der Waals surface area (Å²) < 4.78 is 61.4. The summed E-state index contributed by atoms with van der Waals surface area (Å²) in [6, 6.07) is 7.33. The van der Waals surface area contributed by atoms with Gasteiger partial charge in [0.05, 0.1) is 0 Å². The first-order valence-electron chi connectivity index (χ1n) is 8.99. The van der Waals surface area contributed by atoms with Gasteiger partial charge in [-0.25, -0.2) is 8.42 Å². The van der Waals surface area contributed by atoms with Crippen molar-refractivity contribution in [1.82, 2.24) is 14.9 Å². The maximum atomic E-state index is 12.6. The van der Waals surface area contributed by atoms with Crippen LogP contribution in [0, 0.1) is 0 Å². The van der Waals surface area contributed by atoms with E-state index in [1.807, 2.05) is 31.2 Å². The van der Waals surface area contributed by atoms with Gasteiger partial charge in [-0.15, -0.1) is 0 Å². The van der Waals surface area contributed by atoms with Crippen LogP contribution < -0.4 is 10.6 Å². The Kier molecular flexibility index (Phi) is 7.97. The van der Waals surface area contributed by atoms with Crippen LogP contribution in [-0.4, -0.2) is 56.4 Å². The highest BCUT2D eigenvalue weighted by atomic mass is 35.5. The smallest absolute Gasteiger partial charge is 0.357 e. The lowest BCUT2D eigenvalue weighted by Gasteiger charge is -2.32. The van der Waals surface area contributed by atoms with E-state index in [1.165, 1.54) is 0 Å². The number of halogens is 4. The summed E-state index contributed by atoms with van der Waals surface area (Å²) in [6.07, 6.45) is 1.27. The fourth-order valence-electron chi connectivity index (χ4n) is 2.85. The monoisotopic (exact) mass is 440 g/mol. The first-order valence-corrected chi connectivity index (χ1v) is 10.8. The standard InChI is InChI=1S/C17H24ClF3N4O2S/c1-2-22-16(23-10-7-13-3-5-14(18)6-4-13)24-15-8-11-25(12-9-15)28(26,27)17(19,20)21/h3-6,15H,2,7-12H2,1H3,(H2,22,23,24). The van der Waals surface area contributed by atoms with E-state index in [1.54, 1.807) is 0 Å². The van der Waals surface area contributed by atoms with Crippen LogP contribution in [-0.2, 0) is 16.4 Å². The molecule has 0 spiro atoms. The summed E-state index contributed by atoms with van der Waals surface area (Å²) in [7, 11) is -5.26. The lowest BCUT2D eigenvalue weighted by molar-refractivity contribution is -0.0494. The first-order chi connectivity index (χ1) is 13.1. The number of guanidine groups is 1. The minimum absolute atomic E-state index is 0.145. The summed E-state index contributed by atoms with van der Waals surface area (Å²) in [5.74, 6) is 0.564. The van der Waals surface area contributed by atoms with Crippen molar-refractivity contribution in [3.8, 4) is 0 Å². The highest BCUT2D eigenvalue weighted by Gasteiger charge is 2.50. The van der Waals surface area contributed by atoms with Gasteiger partial charge in [-0.3, -0.25) is 4.99 Å². The van der Waals surface area contributed by atoms with E-state index in [0.29, 0.717) is 28.4 Å². The highest BCUT2D eigenvalue weighted by Crippen LogP contribution is 2.28. The molecule has 0 atom stereocenters. The van der Waals surface area contributed by atoms with E-state index in [0.717, 1.165) is 12.0 Å². The van der Waals surface area contributed by atoms with Gasteiger partial charge in [-0.05, 0) is 43.9 Å². The van der Waals surface area contributed by atoms with Crippen LogP contribution in [0.15, 0.2) is 29.3 Å². The largest absolute Gasteiger partial charge is 0.511 e. The molecule has 6 nitrogen and oxygen atoms in total. The van der Waals surface area contributed by atoms with Crippen molar-refractivity contribution < 1.29 is 21.6 Å². The van der Waals surface area contributed by atoms with Crippen LogP contribution in [0.25, 0.3) is 0 Å². The average molecular weight is 441 g/mol. The number of hydrogen-bond donors (Lipinski definition) is 2. The Morgan fingerprint density at radius 3 is 2.39 bits per heavy atom. The number of hydrogen-bond acceptors (Lipinski definition) is 3. The summed E-state index contributed by atoms with van der Waals surface area (Å²) in [4.78, 5) is 4.48. The maximum Gasteiger partial charge on any atom is 0.511 e. The van der Waals surface area contributed by atoms with Crippen LogP contribution >= 0.6 is 11.6 Å². The molecule has 0 bridgehead atoms. The molecule has 0 saturated carbocycles. The number of piperidine rings is 1. The molecule has 0 unspecified atom stereocenters. The molecule has 1 aromatic rings. The zero-order valence-corrected chi connectivity index (χ0v) is 17.0. The molecule has 1 aliphatic rings. The van der Waals surface area contributed by atoms with Crippen molar-refractivity contribution in [3.05, 3.63) is 34.9 Å². The van der Waals surface area contributed by atoms with Crippen molar-refractivity contribution >= 4 is 27.6 Å². The second kappa shape index (κ2) is 9.80. The quantitative estimate of drug-likeness (QED) is 0.527. The Bertz CT molecular complexity index is 762. The SMILES string of the molecule is CCNC(=NCCc1ccc(Cl)cc1)NC1CCN(S(=O)(=O)C(F)(F)F)CC1. The van der Waals surface area contributed by atoms with Crippen molar-refractivity contribution in [2.24, 2.45) is 4.99 Å². The fourth-order valence-corrected chi connectivity index (χ4v) is 3.96. The molecule has 158 valence electrons. The van der Waals surface area contributed by atoms with Crippen LogP contribution in [0.1, 0.15) is 25.3 Å². The number of nitrogens with zero attached hydrogens (tertiary/aromatic N) is 2. The number of sulfonamides is 1. The van der Waals surface area contributed by atoms with E-state index in [4.69, 9.17) is 11.6 Å². The molecule has 0 aromatic heterocycles. The summed E-state index contributed by atoms with van der Waals surface area (Å²) >= 11 is 5.86. The lowest BCUT2D eigenvalue weighted by atomic mass is 10.1. The molecule has 0 aliphatic carbocycles. The van der Waals surface area contributed by atoms with Crippen molar-refractivity contribution in [3.63, 3.8) is 0 Å². The molecule has 0 amide bonds. The van der Waals surface area contributed by atoms with E-state index in [-0.39, 0.29) is 32.0 Å². The normalized spacial score (nSPS) is 17.5. The van der Waals surface area contributed by atoms with Gasteiger partial charge in [0, 0.05) is 37.2 Å². The molecule has 11 heteroatoms. The molecular weight excluding hydrogens is 417 g/mol. The third-order valence-electron chi connectivity index (χ3n) is 4.36. The third-order valence-corrected chi connectivity index (χ3v) is 6.24. The second-order valence-electron chi connectivity index (χ2n) is 6.41. The molecular formula is C17H24ClF3N4O2S. The molecule has 1 saturated heterocycles. The molecule has 28 heavy (non-hydrogen) atoms. The topological polar surface area (TPSA) is 73.8 Å². The maximum absolute atomic E-state index is 12.6. The van der Waals surface area contributed by atoms with Gasteiger partial charge in [0.15, 0.2) is 5.96 Å². The highest BCUT2D eigenvalue weighted by molar-refractivity contribution is 7.90. The Morgan fingerprint density at radius 2 is 1.86 bits per heavy atom. The molecule has 1 aliphatic heterocycles. The average Bonchev–Trinajstić information content (AvgIpc) is 2.63. The van der Waals surface area contributed by atoms with E-state index >= 15 is 0 Å². The van der Waals surface area contributed by atoms with Gasteiger partial charge in [0.1, 0.15) is 0 Å². The van der Waals surface area contributed by atoms with Crippen LogP contribution in [0.2, 0.25) is 5.02 Å². The lowest BCUT2D eigenvalue weighted by Crippen LogP contribution is -2.51. The van der Waals surface area contributed by atoms with Gasteiger partial charge in [0.25, 0.3) is 0 Å². The number of aliphatic imine (C=N–C) groups is 1. The van der Waals surface area contributed by atoms with Gasteiger partial charge in [-0.2, -0.15) is 17.5 Å². The molecule has 1 fully saturated rings. The number of alkyl halides is 3. The summed E-state index contributed by atoms with van der Waals surface area (Å²) in [5, 5.41) is 6.94. The Labute approximate surface area is 168 Å². The minimum atomic E-state index is -5.26. The zero-order valence-electron chi connectivity index (χ0n) is 15.5. The second-order valence-corrected chi connectivity index (χ2v) is 8.77. The van der Waals surface area contributed by atoms with Crippen molar-refractivity contribution in [2.45, 2.75) is 37.7 Å². The van der Waals surface area contributed by atoms with E-state index in [9.17, 15) is 21.6 Å². The summed E-state index contributed by atoms with van der Waals surface area (Å²) in [6.45, 7) is 2.72. The first kappa shape index (κ1) is 22.8. The van der Waals surface area contributed by atoms with Gasteiger partial charge in [-0.1, -0.05) is 23.7 Å². The third kappa shape index (κ3) is 6.25. The molecule has 0 radical (unpaired) electrons. The number of benzene rings is 1. The molecule has 1 heterocycles. The van der Waals surface area contributed by atoms with E-state index < -0.39 is 15.5 Å². The zero-order chi connectivity index (χ0) is 20.8. The predicted octanol–water partition coefficient (Wildman–Crippen LogP) is 2.75. The van der Waals surface area contributed by atoms with Gasteiger partial charge in [0.2, 0.25) is 0 Å². The van der Waals surface area contributed by atoms with Crippen LogP contribution in [0.4, 0.5) is 13.2 Å². The van der Waals surface area contributed by atoms with Gasteiger partial charge < -0.3 is 10.6 Å². The minimum Gasteiger partial charge on any atom is -0.357 e. The predicted molar refractivity (Wildman–Crippen MR) is 104 cm³/mol. The Hall–Kier alpha value is -1.52. The fraction of sp³-hybridized carbons (Fsp3) is 0.588. The van der Waals surface area contributed by atoms with E-state index in [2.05, 4.69) is 15.6 Å². The Balaban J connectivity index is 1.88. The molecule has 2 N–H and O–H groups in total. The van der Waals surface area contributed by atoms with Crippen LogP contribution in [0.3, 0.4) is 0 Å². The van der Waals surface area contributed by atoms with Crippen LogP contribution in [0.5, 0.6) is 0 Å². The van der Waals surface area contributed by atoms with Gasteiger partial charge >= 0.3 is 15.5 Å².